The summed E-state index contributed by atoms with van der Waals surface area (Å²) in [5.74, 6) is 0.908. The zero-order chi connectivity index (χ0) is 18.1. The molecular formula is C20H27N3O2. The zero-order valence-corrected chi connectivity index (χ0v) is 15.7. The Bertz CT molecular complexity index is 779. The summed E-state index contributed by atoms with van der Waals surface area (Å²) >= 11 is 0. The van der Waals surface area contributed by atoms with Crippen LogP contribution in [0.5, 0.6) is 5.75 Å². The molecule has 1 aromatic heterocycles. The first kappa shape index (κ1) is 17.5. The lowest BCUT2D eigenvalue weighted by Gasteiger charge is -2.28. The second-order valence-electron chi connectivity index (χ2n) is 7.20. The Morgan fingerprint density at radius 2 is 2.08 bits per heavy atom. The topological polar surface area (TPSA) is 47.4 Å². The molecule has 5 nitrogen and oxygen atoms in total. The van der Waals surface area contributed by atoms with Crippen LogP contribution in [0.2, 0.25) is 0 Å². The molecular weight excluding hydrogens is 314 g/mol. The third-order valence-corrected chi connectivity index (χ3v) is 4.96. The highest BCUT2D eigenvalue weighted by molar-refractivity contribution is 5.79. The van der Waals surface area contributed by atoms with Crippen molar-refractivity contribution in [2.75, 3.05) is 13.7 Å². The van der Waals surface area contributed by atoms with E-state index >= 15 is 0 Å². The highest BCUT2D eigenvalue weighted by Gasteiger charge is 2.29. The van der Waals surface area contributed by atoms with Crippen molar-refractivity contribution in [2.45, 2.75) is 46.7 Å². The predicted octanol–water partition coefficient (Wildman–Crippen LogP) is 3.29. The number of fused-ring (bicyclic) bond motifs is 1. The number of rotatable bonds is 4. The molecule has 0 unspecified atom stereocenters. The van der Waals surface area contributed by atoms with Gasteiger partial charge >= 0.3 is 0 Å². The Morgan fingerprint density at radius 1 is 1.36 bits per heavy atom. The molecule has 0 bridgehead atoms. The maximum atomic E-state index is 12.9. The van der Waals surface area contributed by atoms with Crippen LogP contribution < -0.4 is 4.74 Å². The first-order valence-corrected chi connectivity index (χ1v) is 8.88. The van der Waals surface area contributed by atoms with Gasteiger partial charge in [0, 0.05) is 30.9 Å². The highest BCUT2D eigenvalue weighted by Crippen LogP contribution is 2.28. The summed E-state index contributed by atoms with van der Waals surface area (Å²) < 4.78 is 7.81. The van der Waals surface area contributed by atoms with Crippen molar-refractivity contribution >= 4 is 5.91 Å². The minimum absolute atomic E-state index is 0.124. The summed E-state index contributed by atoms with van der Waals surface area (Å²) in [6.45, 7) is 9.36. The molecule has 0 fully saturated rings. The fraction of sp³-hybridized carbons (Fsp3) is 0.500. The SMILES string of the molecule is Cc1nn(C(C)C)c(C)c1CN(C)C(=O)[C@@H]1COc2ccccc2C1. The van der Waals surface area contributed by atoms with Crippen LogP contribution in [0.3, 0.4) is 0 Å². The van der Waals surface area contributed by atoms with Gasteiger partial charge in [0.05, 0.1) is 11.6 Å². The van der Waals surface area contributed by atoms with E-state index in [1.165, 1.54) is 0 Å². The van der Waals surface area contributed by atoms with E-state index in [1.807, 2.05) is 47.8 Å². The minimum Gasteiger partial charge on any atom is -0.492 e. The van der Waals surface area contributed by atoms with Gasteiger partial charge in [-0.05, 0) is 45.7 Å². The van der Waals surface area contributed by atoms with Crippen LogP contribution in [-0.4, -0.2) is 34.2 Å². The van der Waals surface area contributed by atoms with Gasteiger partial charge in [-0.15, -0.1) is 0 Å². The van der Waals surface area contributed by atoms with Crippen molar-refractivity contribution in [3.63, 3.8) is 0 Å². The Balaban J connectivity index is 1.72. The first-order chi connectivity index (χ1) is 11.9. The molecule has 0 aliphatic carbocycles. The van der Waals surface area contributed by atoms with Crippen LogP contribution in [0.1, 0.15) is 42.4 Å². The lowest BCUT2D eigenvalue weighted by Crippen LogP contribution is -2.38. The number of benzene rings is 1. The number of hydrogen-bond donors (Lipinski definition) is 0. The molecule has 134 valence electrons. The quantitative estimate of drug-likeness (QED) is 0.857. The normalized spacial score (nSPS) is 16.5. The smallest absolute Gasteiger partial charge is 0.229 e. The van der Waals surface area contributed by atoms with Crippen LogP contribution in [0.15, 0.2) is 24.3 Å². The van der Waals surface area contributed by atoms with E-state index in [0.717, 1.165) is 34.7 Å². The summed E-state index contributed by atoms with van der Waals surface area (Å²) in [7, 11) is 1.87. The summed E-state index contributed by atoms with van der Waals surface area (Å²) in [5, 5.41) is 4.62. The second kappa shape index (κ2) is 6.90. The molecule has 0 saturated heterocycles. The van der Waals surface area contributed by atoms with Gasteiger partial charge < -0.3 is 9.64 Å². The van der Waals surface area contributed by atoms with Crippen LogP contribution in [0.4, 0.5) is 0 Å². The molecule has 25 heavy (non-hydrogen) atoms. The lowest BCUT2D eigenvalue weighted by molar-refractivity contribution is -0.136. The molecule has 1 aliphatic rings. The largest absolute Gasteiger partial charge is 0.492 e. The molecule has 0 saturated carbocycles. The number of hydrogen-bond acceptors (Lipinski definition) is 3. The van der Waals surface area contributed by atoms with Crippen LogP contribution >= 0.6 is 0 Å². The van der Waals surface area contributed by atoms with Gasteiger partial charge in [-0.1, -0.05) is 18.2 Å². The van der Waals surface area contributed by atoms with Crippen molar-refractivity contribution in [2.24, 2.45) is 5.92 Å². The van der Waals surface area contributed by atoms with Crippen molar-refractivity contribution < 1.29 is 9.53 Å². The summed E-state index contributed by atoms with van der Waals surface area (Å²) in [6.07, 6.45) is 0.739. The number of carbonyl (C=O) groups excluding carboxylic acids is 1. The summed E-state index contributed by atoms with van der Waals surface area (Å²) in [4.78, 5) is 14.7. The predicted molar refractivity (Wildman–Crippen MR) is 97.7 cm³/mol. The molecule has 0 spiro atoms. The number of aryl methyl sites for hydroxylation is 1. The number of para-hydroxylation sites is 1. The molecule has 2 aromatic rings. The van der Waals surface area contributed by atoms with E-state index in [9.17, 15) is 4.79 Å². The van der Waals surface area contributed by atoms with Gasteiger partial charge in [0.1, 0.15) is 12.4 Å². The molecule has 0 N–H and O–H groups in total. The number of nitrogens with zero attached hydrogens (tertiary/aromatic N) is 3. The fourth-order valence-electron chi connectivity index (χ4n) is 3.54. The number of carbonyl (C=O) groups is 1. The van der Waals surface area contributed by atoms with Crippen molar-refractivity contribution in [3.8, 4) is 5.75 Å². The molecule has 1 amide bonds. The Morgan fingerprint density at radius 3 is 2.76 bits per heavy atom. The van der Waals surface area contributed by atoms with Gasteiger partial charge in [-0.2, -0.15) is 5.10 Å². The molecule has 1 aliphatic heterocycles. The highest BCUT2D eigenvalue weighted by atomic mass is 16.5. The van der Waals surface area contributed by atoms with Crippen molar-refractivity contribution in [1.29, 1.82) is 0 Å². The molecule has 3 rings (SSSR count). The first-order valence-electron chi connectivity index (χ1n) is 8.88. The van der Waals surface area contributed by atoms with Gasteiger partial charge in [-0.3, -0.25) is 9.48 Å². The summed E-state index contributed by atoms with van der Waals surface area (Å²) in [5.41, 5.74) is 4.38. The molecule has 2 heterocycles. The summed E-state index contributed by atoms with van der Waals surface area (Å²) in [6, 6.07) is 8.27. The van der Waals surface area contributed by atoms with E-state index < -0.39 is 0 Å². The molecule has 5 heteroatoms. The Hall–Kier alpha value is -2.30. The van der Waals surface area contributed by atoms with Crippen molar-refractivity contribution in [3.05, 3.63) is 46.8 Å². The van der Waals surface area contributed by atoms with Crippen LogP contribution in [0.25, 0.3) is 0 Å². The van der Waals surface area contributed by atoms with Crippen LogP contribution in [-0.2, 0) is 17.8 Å². The third kappa shape index (κ3) is 3.41. The zero-order valence-electron chi connectivity index (χ0n) is 15.7. The van der Waals surface area contributed by atoms with E-state index in [-0.39, 0.29) is 11.8 Å². The van der Waals surface area contributed by atoms with Gasteiger partial charge in [0.25, 0.3) is 0 Å². The standard InChI is InChI=1S/C20H27N3O2/c1-13(2)23-15(4)18(14(3)21-23)11-22(5)20(24)17-10-16-8-6-7-9-19(16)25-12-17/h6-9,13,17H,10-12H2,1-5H3/t17-/m0/s1. The minimum atomic E-state index is -0.124. The lowest BCUT2D eigenvalue weighted by atomic mass is 9.95. The van der Waals surface area contributed by atoms with Gasteiger partial charge in [0.15, 0.2) is 0 Å². The number of ether oxygens (including phenoxy) is 1. The van der Waals surface area contributed by atoms with E-state index in [1.54, 1.807) is 0 Å². The number of amides is 1. The number of aromatic nitrogens is 2. The van der Waals surface area contributed by atoms with E-state index in [2.05, 4.69) is 25.9 Å². The monoisotopic (exact) mass is 341 g/mol. The van der Waals surface area contributed by atoms with Gasteiger partial charge in [0.2, 0.25) is 5.91 Å². The van der Waals surface area contributed by atoms with Gasteiger partial charge in [-0.25, -0.2) is 0 Å². The Kier molecular flexibility index (Phi) is 4.84. The average molecular weight is 341 g/mol. The molecule has 1 aromatic carbocycles. The fourth-order valence-corrected chi connectivity index (χ4v) is 3.54. The maximum Gasteiger partial charge on any atom is 0.229 e. The molecule has 0 radical (unpaired) electrons. The second-order valence-corrected chi connectivity index (χ2v) is 7.20. The van der Waals surface area contributed by atoms with Crippen LogP contribution in [0, 0.1) is 19.8 Å². The van der Waals surface area contributed by atoms with E-state index in [0.29, 0.717) is 19.2 Å². The van der Waals surface area contributed by atoms with E-state index in [4.69, 9.17) is 4.74 Å². The van der Waals surface area contributed by atoms with Crippen molar-refractivity contribution in [1.82, 2.24) is 14.7 Å². The third-order valence-electron chi connectivity index (χ3n) is 4.96. The maximum absolute atomic E-state index is 12.9. The molecule has 1 atom stereocenters. The average Bonchev–Trinajstić information content (AvgIpc) is 2.89. The Labute approximate surface area is 149 Å².